The molecule has 5 heteroatoms. The predicted molar refractivity (Wildman–Crippen MR) is 45.4 cm³/mol. The lowest BCUT2D eigenvalue weighted by Crippen LogP contribution is -2.25. The number of rotatable bonds is 3. The Bertz CT molecular complexity index is 229. The van der Waals surface area contributed by atoms with E-state index in [1.807, 2.05) is 0 Å². The number of thiol groups is 1. The Kier molecular flexibility index (Phi) is 2.75. The van der Waals surface area contributed by atoms with Gasteiger partial charge in [-0.2, -0.15) is 12.6 Å². The van der Waals surface area contributed by atoms with Crippen molar-refractivity contribution < 1.29 is 14.3 Å². The summed E-state index contributed by atoms with van der Waals surface area (Å²) in [7, 11) is 0. The Morgan fingerprint density at radius 1 is 1.83 bits per heavy atom. The van der Waals surface area contributed by atoms with Crippen LogP contribution in [0.3, 0.4) is 0 Å². The second-order valence-electron chi connectivity index (χ2n) is 2.43. The first-order valence-electron chi connectivity index (χ1n) is 3.39. The number of ether oxygens (including phenoxy) is 1. The molecule has 12 heavy (non-hydrogen) atoms. The van der Waals surface area contributed by atoms with Crippen molar-refractivity contribution in [1.82, 2.24) is 4.90 Å². The van der Waals surface area contributed by atoms with Crippen molar-refractivity contribution in [3.63, 3.8) is 0 Å². The van der Waals surface area contributed by atoms with Crippen LogP contribution in [0.15, 0.2) is 12.3 Å². The Morgan fingerprint density at radius 2 is 2.50 bits per heavy atom. The van der Waals surface area contributed by atoms with Gasteiger partial charge in [-0.05, 0) is 0 Å². The third kappa shape index (κ3) is 1.61. The van der Waals surface area contributed by atoms with Gasteiger partial charge in [-0.25, -0.2) is 0 Å². The predicted octanol–water partition coefficient (Wildman–Crippen LogP) is 0.161. The molecule has 0 aromatic carbocycles. The first-order valence-corrected chi connectivity index (χ1v) is 3.91. The lowest BCUT2D eigenvalue weighted by molar-refractivity contribution is -0.138. The van der Waals surface area contributed by atoms with Crippen LogP contribution in [0.2, 0.25) is 0 Å². The van der Waals surface area contributed by atoms with Gasteiger partial charge in [0.15, 0.2) is 6.73 Å². The smallest absolute Gasteiger partial charge is 0.294 e. The van der Waals surface area contributed by atoms with E-state index < -0.39 is 0 Å². The van der Waals surface area contributed by atoms with Crippen LogP contribution in [0, 0.1) is 0 Å². The van der Waals surface area contributed by atoms with E-state index in [1.165, 1.54) is 4.90 Å². The topological polar surface area (TPSA) is 46.6 Å². The number of carbonyl (C=O) groups is 2. The Morgan fingerprint density at radius 3 is 2.92 bits per heavy atom. The molecule has 1 aliphatic rings. The molecule has 0 aromatic heterocycles. The molecule has 1 fully saturated rings. The van der Waals surface area contributed by atoms with Crippen molar-refractivity contribution in [3.05, 3.63) is 12.3 Å². The van der Waals surface area contributed by atoms with E-state index in [0.717, 1.165) is 0 Å². The van der Waals surface area contributed by atoms with E-state index in [0.29, 0.717) is 18.6 Å². The summed E-state index contributed by atoms with van der Waals surface area (Å²) in [6.45, 7) is 3.89. The van der Waals surface area contributed by atoms with Gasteiger partial charge in [0.25, 0.3) is 6.47 Å². The molecule has 4 nitrogen and oxygen atoms in total. The minimum absolute atomic E-state index is 0.0573. The fourth-order valence-electron chi connectivity index (χ4n) is 0.993. The number of hydrogen-bond donors (Lipinski definition) is 1. The van der Waals surface area contributed by atoms with E-state index in [1.54, 1.807) is 0 Å². The summed E-state index contributed by atoms with van der Waals surface area (Å²) in [4.78, 5) is 22.3. The highest BCUT2D eigenvalue weighted by Crippen LogP contribution is 2.25. The van der Waals surface area contributed by atoms with Gasteiger partial charge in [0.2, 0.25) is 5.91 Å². The first-order chi connectivity index (χ1) is 5.66. The van der Waals surface area contributed by atoms with E-state index in [4.69, 9.17) is 0 Å². The fourth-order valence-corrected chi connectivity index (χ4v) is 1.29. The quantitative estimate of drug-likeness (QED) is 0.505. The minimum Gasteiger partial charge on any atom is -0.446 e. The highest BCUT2D eigenvalue weighted by Gasteiger charge is 2.31. The maximum Gasteiger partial charge on any atom is 0.294 e. The van der Waals surface area contributed by atoms with Crippen molar-refractivity contribution in [2.75, 3.05) is 6.73 Å². The molecule has 1 heterocycles. The molecule has 1 saturated heterocycles. The third-order valence-electron chi connectivity index (χ3n) is 1.67. The zero-order chi connectivity index (χ0) is 9.14. The zero-order valence-corrected chi connectivity index (χ0v) is 7.29. The Balaban J connectivity index is 2.57. The molecule has 0 unspecified atom stereocenters. The molecular weight excluding hydrogens is 178 g/mol. The standard InChI is InChI=1S/C7H9NO3S/c1-5-6(12)2-7(10)8(5)3-11-4-9/h4,6,12H,1-3H2/t6-/m1/s1. The summed E-state index contributed by atoms with van der Waals surface area (Å²) < 4.78 is 4.44. The van der Waals surface area contributed by atoms with Crippen LogP contribution in [0.5, 0.6) is 0 Å². The third-order valence-corrected chi connectivity index (χ3v) is 2.15. The van der Waals surface area contributed by atoms with Crippen LogP contribution in [0.1, 0.15) is 6.42 Å². The molecule has 0 aliphatic carbocycles. The molecule has 0 aromatic rings. The van der Waals surface area contributed by atoms with Crippen LogP contribution >= 0.6 is 12.6 Å². The second-order valence-corrected chi connectivity index (χ2v) is 3.05. The minimum atomic E-state index is -0.146. The van der Waals surface area contributed by atoms with Gasteiger partial charge in [-0.15, -0.1) is 0 Å². The molecule has 66 valence electrons. The van der Waals surface area contributed by atoms with Gasteiger partial charge in [-0.1, -0.05) is 6.58 Å². The summed E-state index contributed by atoms with van der Waals surface area (Å²) in [6, 6.07) is 0. The summed E-state index contributed by atoms with van der Waals surface area (Å²) in [6.07, 6.45) is 0.324. The molecule has 1 aliphatic heterocycles. The van der Waals surface area contributed by atoms with Gasteiger partial charge in [-0.3, -0.25) is 14.5 Å². The number of amides is 1. The number of carbonyl (C=O) groups excluding carboxylic acids is 2. The lowest BCUT2D eigenvalue weighted by atomic mass is 10.3. The van der Waals surface area contributed by atoms with Crippen molar-refractivity contribution >= 4 is 25.0 Å². The highest BCUT2D eigenvalue weighted by atomic mass is 32.1. The van der Waals surface area contributed by atoms with E-state index in [-0.39, 0.29) is 17.9 Å². The van der Waals surface area contributed by atoms with E-state index in [9.17, 15) is 9.59 Å². The average molecular weight is 187 g/mol. The summed E-state index contributed by atoms with van der Waals surface area (Å²) in [5.41, 5.74) is 0.588. The van der Waals surface area contributed by atoms with E-state index in [2.05, 4.69) is 23.9 Å². The average Bonchev–Trinajstić information content (AvgIpc) is 2.25. The molecular formula is C7H9NO3S. The van der Waals surface area contributed by atoms with Gasteiger partial charge >= 0.3 is 0 Å². The summed E-state index contributed by atoms with van der Waals surface area (Å²) in [5, 5.41) is -0.146. The zero-order valence-electron chi connectivity index (χ0n) is 6.40. The van der Waals surface area contributed by atoms with Crippen molar-refractivity contribution in [1.29, 1.82) is 0 Å². The first kappa shape index (κ1) is 9.12. The molecule has 0 spiro atoms. The molecule has 0 N–H and O–H groups in total. The lowest BCUT2D eigenvalue weighted by Gasteiger charge is -2.15. The Labute approximate surface area is 75.6 Å². The van der Waals surface area contributed by atoms with Gasteiger partial charge < -0.3 is 4.74 Å². The van der Waals surface area contributed by atoms with Crippen molar-refractivity contribution in [2.45, 2.75) is 11.7 Å². The van der Waals surface area contributed by atoms with Gasteiger partial charge in [0, 0.05) is 12.1 Å². The van der Waals surface area contributed by atoms with E-state index >= 15 is 0 Å². The normalized spacial score (nSPS) is 23.1. The van der Waals surface area contributed by atoms with Crippen LogP contribution in [-0.4, -0.2) is 29.3 Å². The maximum atomic E-state index is 11.1. The van der Waals surface area contributed by atoms with Crippen LogP contribution < -0.4 is 0 Å². The molecule has 1 amide bonds. The second kappa shape index (κ2) is 3.62. The largest absolute Gasteiger partial charge is 0.446 e. The Hall–Kier alpha value is -0.970. The van der Waals surface area contributed by atoms with Crippen molar-refractivity contribution in [3.8, 4) is 0 Å². The molecule has 1 rings (SSSR count). The van der Waals surface area contributed by atoms with Gasteiger partial charge in [0.05, 0.1) is 5.25 Å². The van der Waals surface area contributed by atoms with Crippen LogP contribution in [-0.2, 0) is 14.3 Å². The maximum absolute atomic E-state index is 11.1. The van der Waals surface area contributed by atoms with Gasteiger partial charge in [0.1, 0.15) is 0 Å². The molecule has 1 atom stereocenters. The summed E-state index contributed by atoms with van der Waals surface area (Å²) >= 11 is 4.12. The molecule has 0 saturated carbocycles. The number of nitrogens with zero attached hydrogens (tertiary/aromatic N) is 1. The summed E-state index contributed by atoms with van der Waals surface area (Å²) in [5.74, 6) is -0.109. The molecule has 0 radical (unpaired) electrons. The number of hydrogen-bond acceptors (Lipinski definition) is 4. The number of likely N-dealkylation sites (tertiary alicyclic amines) is 1. The van der Waals surface area contributed by atoms with Crippen molar-refractivity contribution in [2.24, 2.45) is 0 Å². The van der Waals surface area contributed by atoms with Crippen LogP contribution in [0.4, 0.5) is 0 Å². The fraction of sp³-hybridized carbons (Fsp3) is 0.429. The molecule has 0 bridgehead atoms. The van der Waals surface area contributed by atoms with Crippen LogP contribution in [0.25, 0.3) is 0 Å². The highest BCUT2D eigenvalue weighted by molar-refractivity contribution is 7.81. The monoisotopic (exact) mass is 187 g/mol. The SMILES string of the molecule is C=C1[C@H](S)CC(=O)N1COC=O.